The zero-order chi connectivity index (χ0) is 27.0. The fourth-order valence-corrected chi connectivity index (χ4v) is 8.16. The third-order valence-corrected chi connectivity index (χ3v) is 10.6. The van der Waals surface area contributed by atoms with Gasteiger partial charge in [0, 0.05) is 36.5 Å². The minimum absolute atomic E-state index is 0.0112. The molecule has 0 bridgehead atoms. The summed E-state index contributed by atoms with van der Waals surface area (Å²) in [6, 6.07) is 20.8. The van der Waals surface area contributed by atoms with Gasteiger partial charge in [0.1, 0.15) is 5.58 Å². The molecule has 0 radical (unpaired) electrons. The second-order valence-corrected chi connectivity index (χ2v) is 18.2. The van der Waals surface area contributed by atoms with Gasteiger partial charge >= 0.3 is 0 Å². The van der Waals surface area contributed by atoms with Crippen LogP contribution in [0.25, 0.3) is 44.0 Å². The second-order valence-electron chi connectivity index (χ2n) is 13.2. The van der Waals surface area contributed by atoms with Crippen molar-refractivity contribution >= 4 is 46.0 Å². The predicted octanol–water partition coefficient (Wildman–Crippen LogP) is 8.23. The monoisotopic (exact) mass is 522 g/mol. The molecule has 3 heterocycles. The molecule has 3 nitrogen and oxygen atoms in total. The fourth-order valence-electron chi connectivity index (χ4n) is 6.70. The van der Waals surface area contributed by atoms with Gasteiger partial charge in [-0.3, -0.25) is 0 Å². The zero-order valence-corrected chi connectivity index (χ0v) is 25.1. The van der Waals surface area contributed by atoms with Gasteiger partial charge in [-0.2, -0.15) is 4.57 Å². The molecule has 6 rings (SSSR count). The normalized spacial score (nSPS) is 17.8. The summed E-state index contributed by atoms with van der Waals surface area (Å²) in [5, 5.41) is 6.56. The average Bonchev–Trinajstić information content (AvgIpc) is 3.25. The van der Waals surface area contributed by atoms with Crippen LogP contribution in [0, 0.1) is 0 Å². The molecule has 0 saturated heterocycles. The van der Waals surface area contributed by atoms with Crippen LogP contribution in [0.3, 0.4) is 0 Å². The Balaban J connectivity index is 1.78. The molecular formula is C34H40NO2Si+. The first kappa shape index (κ1) is 25.3. The van der Waals surface area contributed by atoms with Crippen LogP contribution in [0.4, 0.5) is 0 Å². The Morgan fingerprint density at radius 2 is 1.58 bits per heavy atom. The van der Waals surface area contributed by atoms with Crippen LogP contribution < -0.4 is 9.75 Å². The molecule has 0 aliphatic carbocycles. The van der Waals surface area contributed by atoms with E-state index in [1.54, 1.807) is 0 Å². The van der Waals surface area contributed by atoms with Gasteiger partial charge in [-0.1, -0.05) is 82.9 Å². The van der Waals surface area contributed by atoms with Crippen molar-refractivity contribution in [3.8, 4) is 11.3 Å². The summed E-state index contributed by atoms with van der Waals surface area (Å²) in [6.45, 7) is 17.3. The quantitative estimate of drug-likeness (QED) is 0.175. The highest BCUT2D eigenvalue weighted by molar-refractivity contribution is 6.90. The summed E-state index contributed by atoms with van der Waals surface area (Å²) < 4.78 is 15.0. The van der Waals surface area contributed by atoms with E-state index in [1.165, 1.54) is 49.1 Å². The number of furan rings is 1. The molecule has 5 aromatic rings. The van der Waals surface area contributed by atoms with Crippen LogP contribution in [-0.4, -0.2) is 21.8 Å². The van der Waals surface area contributed by atoms with Crippen LogP contribution in [0.1, 0.15) is 57.2 Å². The van der Waals surface area contributed by atoms with Crippen LogP contribution in [0.15, 0.2) is 65.2 Å². The Morgan fingerprint density at radius 3 is 2.26 bits per heavy atom. The third-order valence-electron chi connectivity index (χ3n) is 8.61. The summed E-state index contributed by atoms with van der Waals surface area (Å²) in [5.41, 5.74) is 7.45. The molecule has 2 atom stereocenters. The average molecular weight is 523 g/mol. The summed E-state index contributed by atoms with van der Waals surface area (Å²) in [4.78, 5) is 0. The van der Waals surface area contributed by atoms with Crippen molar-refractivity contribution in [2.75, 3.05) is 13.7 Å². The topological polar surface area (TPSA) is 26.2 Å². The van der Waals surface area contributed by atoms with E-state index in [0.717, 1.165) is 24.2 Å². The third kappa shape index (κ3) is 3.76. The molecule has 38 heavy (non-hydrogen) atoms. The van der Waals surface area contributed by atoms with E-state index in [1.807, 2.05) is 7.11 Å². The minimum Gasteiger partial charge on any atom is -0.449 e. The lowest BCUT2D eigenvalue weighted by Crippen LogP contribution is -2.46. The van der Waals surface area contributed by atoms with Crippen LogP contribution in [-0.2, 0) is 10.2 Å². The number of para-hydroxylation sites is 1. The lowest BCUT2D eigenvalue weighted by molar-refractivity contribution is -0.713. The Morgan fingerprint density at radius 1 is 0.895 bits per heavy atom. The number of benzene rings is 3. The van der Waals surface area contributed by atoms with Crippen molar-refractivity contribution in [1.82, 2.24) is 0 Å². The lowest BCUT2D eigenvalue weighted by Gasteiger charge is -2.32. The zero-order valence-electron chi connectivity index (χ0n) is 24.1. The molecule has 2 unspecified atom stereocenters. The summed E-state index contributed by atoms with van der Waals surface area (Å²) in [6.07, 6.45) is 3.28. The second kappa shape index (κ2) is 8.79. The van der Waals surface area contributed by atoms with E-state index < -0.39 is 8.07 Å². The number of hydrogen-bond donors (Lipinski definition) is 0. The molecule has 3 aromatic carbocycles. The molecule has 1 aliphatic heterocycles. The summed E-state index contributed by atoms with van der Waals surface area (Å²) in [7, 11) is 0.218. The molecule has 0 fully saturated rings. The number of fused-ring (bicyclic) bond motifs is 9. The Bertz CT molecular complexity index is 1700. The Kier molecular flexibility index (Phi) is 5.86. The molecule has 4 heteroatoms. The van der Waals surface area contributed by atoms with Crippen molar-refractivity contribution in [3.05, 3.63) is 71.9 Å². The van der Waals surface area contributed by atoms with Crippen LogP contribution in [0.2, 0.25) is 19.6 Å². The van der Waals surface area contributed by atoms with Crippen molar-refractivity contribution in [3.63, 3.8) is 0 Å². The van der Waals surface area contributed by atoms with Crippen molar-refractivity contribution in [2.45, 2.75) is 71.1 Å². The highest BCUT2D eigenvalue weighted by atomic mass is 28.3. The van der Waals surface area contributed by atoms with E-state index in [2.05, 4.69) is 113 Å². The minimum atomic E-state index is -1.59. The molecule has 196 valence electrons. The van der Waals surface area contributed by atoms with E-state index in [4.69, 9.17) is 9.15 Å². The molecule has 0 spiro atoms. The summed E-state index contributed by atoms with van der Waals surface area (Å²) in [5.74, 6) is 0.348. The number of pyridine rings is 1. The number of hydrogen-bond acceptors (Lipinski definition) is 2. The standard InChI is InChI=1S/C34H40NO2Si/c1-21-22(17-19-36-5)30-24-13-10-9-12-23(24)28(34(2,3)4)20-27(30)31-33-26(16-18-35(21)31)25-14-11-15-29(32(25)37-33)38(6,7)8/h9-16,18,20-22H,17,19H2,1-8H3/q+1. The van der Waals surface area contributed by atoms with E-state index in [0.29, 0.717) is 5.92 Å². The van der Waals surface area contributed by atoms with Gasteiger partial charge in [-0.05, 0) is 51.9 Å². The van der Waals surface area contributed by atoms with Gasteiger partial charge < -0.3 is 9.15 Å². The number of ether oxygens (including phenoxy) is 1. The van der Waals surface area contributed by atoms with Crippen molar-refractivity contribution in [1.29, 1.82) is 0 Å². The van der Waals surface area contributed by atoms with Gasteiger partial charge in [0.25, 0.3) is 5.69 Å². The molecule has 0 N–H and O–H groups in total. The van der Waals surface area contributed by atoms with Crippen molar-refractivity contribution in [2.24, 2.45) is 0 Å². The fraction of sp³-hybridized carbons (Fsp3) is 0.382. The summed E-state index contributed by atoms with van der Waals surface area (Å²) >= 11 is 0. The van der Waals surface area contributed by atoms with Gasteiger partial charge in [-0.25, -0.2) is 0 Å². The molecule has 1 aliphatic rings. The van der Waals surface area contributed by atoms with E-state index in [9.17, 15) is 0 Å². The lowest BCUT2D eigenvalue weighted by atomic mass is 9.74. The van der Waals surface area contributed by atoms with Gasteiger partial charge in [-0.15, -0.1) is 0 Å². The number of nitrogens with zero attached hydrogens (tertiary/aromatic N) is 1. The Labute approximate surface area is 227 Å². The largest absolute Gasteiger partial charge is 0.449 e. The van der Waals surface area contributed by atoms with Crippen LogP contribution in [0.5, 0.6) is 0 Å². The molecule has 2 aromatic heterocycles. The smallest absolute Gasteiger partial charge is 0.256 e. The number of methoxy groups -OCH3 is 1. The Hall–Kier alpha value is -2.95. The van der Waals surface area contributed by atoms with E-state index in [-0.39, 0.29) is 11.5 Å². The highest BCUT2D eigenvalue weighted by Crippen LogP contribution is 2.48. The van der Waals surface area contributed by atoms with Gasteiger partial charge in [0.2, 0.25) is 5.58 Å². The van der Waals surface area contributed by atoms with Gasteiger partial charge in [0.15, 0.2) is 12.2 Å². The molecule has 0 amide bonds. The maximum atomic E-state index is 6.96. The molecule has 0 saturated carbocycles. The first-order valence-electron chi connectivity index (χ1n) is 14.0. The van der Waals surface area contributed by atoms with Crippen LogP contribution >= 0.6 is 0 Å². The first-order chi connectivity index (χ1) is 18.0. The molecular weight excluding hydrogens is 482 g/mol. The van der Waals surface area contributed by atoms with Gasteiger partial charge in [0.05, 0.1) is 13.6 Å². The maximum absolute atomic E-state index is 6.96. The van der Waals surface area contributed by atoms with Crippen molar-refractivity contribution < 1.29 is 13.7 Å². The van der Waals surface area contributed by atoms with E-state index >= 15 is 0 Å². The first-order valence-corrected chi connectivity index (χ1v) is 17.5. The highest BCUT2D eigenvalue weighted by Gasteiger charge is 2.41. The predicted molar refractivity (Wildman–Crippen MR) is 162 cm³/mol. The SMILES string of the molecule is COCCC1c2c(cc(C(C)(C)C)c3ccccc23)-c2c3oc4c([Si](C)(C)C)cccc4c3cc[n+]2C1C. The number of rotatable bonds is 4. The number of aromatic nitrogens is 1. The maximum Gasteiger partial charge on any atom is 0.256 e.